The second-order valence-corrected chi connectivity index (χ2v) is 14.9. The maximum atomic E-state index is 12.1. The molecule has 4 rings (SSSR count). The molecule has 184 valence electrons. The summed E-state index contributed by atoms with van der Waals surface area (Å²) in [6, 6.07) is 6.86. The van der Waals surface area contributed by atoms with Gasteiger partial charge in [-0.15, -0.1) is 0 Å². The summed E-state index contributed by atoms with van der Waals surface area (Å²) in [5.41, 5.74) is 2.85. The smallest absolute Gasteiger partial charge is 0.341 e. The molecule has 0 bridgehead atoms. The number of esters is 1. The molecular formula is C24H30N6O4Si. The van der Waals surface area contributed by atoms with Crippen molar-refractivity contribution in [2.75, 3.05) is 20.0 Å². The summed E-state index contributed by atoms with van der Waals surface area (Å²) >= 11 is 0. The molecule has 0 unspecified atom stereocenters. The molecule has 0 fully saturated rings. The summed E-state index contributed by atoms with van der Waals surface area (Å²) in [5.74, 6) is 0.215. The van der Waals surface area contributed by atoms with Crippen molar-refractivity contribution in [3.8, 4) is 11.8 Å². The Morgan fingerprint density at radius 2 is 1.91 bits per heavy atom. The second kappa shape index (κ2) is 10.8. The van der Waals surface area contributed by atoms with Crippen LogP contribution in [-0.4, -0.2) is 63.3 Å². The van der Waals surface area contributed by atoms with E-state index < -0.39 is 14.0 Å². The standard InChI is InChI=1S/C24H30N6O4Si/c1-5-33-23(31)19-14-26-30(16-19)24-27-20-8-11-29(15-18-6-9-25-10-7-18)21(20)22(28-24)34-17-32-12-13-35(2,3)4/h6-11,14,16H,5,12-13,15,17H2,1-4H3. The molecule has 0 aliphatic rings. The van der Waals surface area contributed by atoms with Gasteiger partial charge in [-0.05, 0) is 36.7 Å². The highest BCUT2D eigenvalue weighted by molar-refractivity contribution is 6.76. The van der Waals surface area contributed by atoms with Gasteiger partial charge >= 0.3 is 5.97 Å². The first-order valence-corrected chi connectivity index (χ1v) is 15.2. The van der Waals surface area contributed by atoms with E-state index in [-0.39, 0.29) is 19.3 Å². The van der Waals surface area contributed by atoms with Crippen molar-refractivity contribution >= 4 is 25.1 Å². The molecule has 0 atom stereocenters. The lowest BCUT2D eigenvalue weighted by atomic mass is 10.2. The number of rotatable bonds is 11. The van der Waals surface area contributed by atoms with Crippen LogP contribution in [0.5, 0.6) is 5.88 Å². The average Bonchev–Trinajstić information content (AvgIpc) is 3.47. The van der Waals surface area contributed by atoms with E-state index in [1.54, 1.807) is 25.5 Å². The van der Waals surface area contributed by atoms with Crippen LogP contribution in [0.1, 0.15) is 22.8 Å². The maximum Gasteiger partial charge on any atom is 0.341 e. The lowest BCUT2D eigenvalue weighted by molar-refractivity contribution is 0.0200. The SMILES string of the molecule is CCOC(=O)c1cnn(-c2nc(OCOCC[Si](C)(C)C)c3c(ccn3Cc3ccncc3)n2)c1. The number of pyridine rings is 1. The lowest BCUT2D eigenvalue weighted by Crippen LogP contribution is -2.22. The fourth-order valence-corrected chi connectivity index (χ4v) is 4.12. The van der Waals surface area contributed by atoms with Crippen molar-refractivity contribution in [1.29, 1.82) is 0 Å². The number of fused-ring (bicyclic) bond motifs is 1. The quantitative estimate of drug-likeness (QED) is 0.134. The fourth-order valence-electron chi connectivity index (χ4n) is 3.37. The van der Waals surface area contributed by atoms with Crippen LogP contribution in [0.4, 0.5) is 0 Å². The molecule has 4 heterocycles. The molecular weight excluding hydrogens is 464 g/mol. The van der Waals surface area contributed by atoms with Crippen LogP contribution in [0.3, 0.4) is 0 Å². The van der Waals surface area contributed by atoms with E-state index in [1.807, 2.05) is 29.0 Å². The Balaban J connectivity index is 1.63. The van der Waals surface area contributed by atoms with Gasteiger partial charge in [0.15, 0.2) is 6.79 Å². The van der Waals surface area contributed by atoms with Gasteiger partial charge < -0.3 is 18.8 Å². The van der Waals surface area contributed by atoms with Gasteiger partial charge in [0.1, 0.15) is 5.52 Å². The molecule has 0 amide bonds. The first kappa shape index (κ1) is 24.5. The molecule has 0 N–H and O–H groups in total. The zero-order chi connectivity index (χ0) is 24.8. The first-order valence-electron chi connectivity index (χ1n) is 11.5. The zero-order valence-corrected chi connectivity index (χ0v) is 21.5. The summed E-state index contributed by atoms with van der Waals surface area (Å²) in [6.07, 6.45) is 8.44. The van der Waals surface area contributed by atoms with Gasteiger partial charge in [-0.25, -0.2) is 14.5 Å². The van der Waals surface area contributed by atoms with Crippen LogP contribution in [0, 0.1) is 0 Å². The van der Waals surface area contributed by atoms with E-state index in [0.29, 0.717) is 30.1 Å². The molecule has 11 heteroatoms. The predicted molar refractivity (Wildman–Crippen MR) is 134 cm³/mol. The molecule has 0 spiro atoms. The topological polar surface area (TPSA) is 106 Å². The predicted octanol–water partition coefficient (Wildman–Crippen LogP) is 3.93. The first-order chi connectivity index (χ1) is 16.8. The van der Waals surface area contributed by atoms with Crippen molar-refractivity contribution in [2.45, 2.75) is 39.2 Å². The molecule has 0 aliphatic carbocycles. The monoisotopic (exact) mass is 494 g/mol. The highest BCUT2D eigenvalue weighted by Crippen LogP contribution is 2.26. The molecule has 4 aromatic heterocycles. The van der Waals surface area contributed by atoms with E-state index in [9.17, 15) is 4.79 Å². The Morgan fingerprint density at radius 1 is 1.11 bits per heavy atom. The summed E-state index contributed by atoms with van der Waals surface area (Å²) < 4.78 is 20.3. The lowest BCUT2D eigenvalue weighted by Gasteiger charge is -2.16. The maximum absolute atomic E-state index is 12.1. The van der Waals surface area contributed by atoms with E-state index in [2.05, 4.69) is 39.7 Å². The number of aromatic nitrogens is 6. The Hall–Kier alpha value is -3.57. The largest absolute Gasteiger partial charge is 0.462 e. The minimum atomic E-state index is -1.20. The minimum absolute atomic E-state index is 0.0731. The van der Waals surface area contributed by atoms with Crippen LogP contribution in [0.2, 0.25) is 25.7 Å². The van der Waals surface area contributed by atoms with Crippen LogP contribution in [0.15, 0.2) is 49.2 Å². The fraction of sp³-hybridized carbons (Fsp3) is 0.375. The Bertz CT molecular complexity index is 1280. The summed E-state index contributed by atoms with van der Waals surface area (Å²) in [7, 11) is -1.20. The van der Waals surface area contributed by atoms with E-state index in [4.69, 9.17) is 14.2 Å². The Labute approximate surface area is 204 Å². The summed E-state index contributed by atoms with van der Waals surface area (Å²) in [5, 5.41) is 4.24. The molecule has 0 radical (unpaired) electrons. The summed E-state index contributed by atoms with van der Waals surface area (Å²) in [6.45, 7) is 10.3. The molecule has 10 nitrogen and oxygen atoms in total. The molecule has 0 saturated heterocycles. The highest BCUT2D eigenvalue weighted by atomic mass is 28.3. The van der Waals surface area contributed by atoms with Crippen LogP contribution < -0.4 is 4.74 Å². The Morgan fingerprint density at radius 3 is 2.66 bits per heavy atom. The number of ether oxygens (including phenoxy) is 3. The minimum Gasteiger partial charge on any atom is -0.462 e. The molecule has 0 aliphatic heterocycles. The van der Waals surface area contributed by atoms with Crippen molar-refractivity contribution in [3.63, 3.8) is 0 Å². The van der Waals surface area contributed by atoms with Gasteiger partial charge in [-0.1, -0.05) is 19.6 Å². The zero-order valence-electron chi connectivity index (χ0n) is 20.5. The van der Waals surface area contributed by atoms with E-state index in [0.717, 1.165) is 17.1 Å². The molecule has 35 heavy (non-hydrogen) atoms. The molecule has 0 aromatic carbocycles. The second-order valence-electron chi connectivity index (χ2n) is 9.24. The van der Waals surface area contributed by atoms with Crippen LogP contribution in [0.25, 0.3) is 17.0 Å². The third kappa shape index (κ3) is 6.31. The number of carbonyl (C=O) groups excluding carboxylic acids is 1. The van der Waals surface area contributed by atoms with Crippen molar-refractivity contribution < 1.29 is 19.0 Å². The number of carbonyl (C=O) groups is 1. The van der Waals surface area contributed by atoms with Gasteiger partial charge in [-0.2, -0.15) is 10.1 Å². The van der Waals surface area contributed by atoms with Crippen LogP contribution >= 0.6 is 0 Å². The highest BCUT2D eigenvalue weighted by Gasteiger charge is 2.18. The summed E-state index contributed by atoms with van der Waals surface area (Å²) in [4.78, 5) is 25.4. The van der Waals surface area contributed by atoms with Gasteiger partial charge in [-0.3, -0.25) is 4.98 Å². The van der Waals surface area contributed by atoms with Gasteiger partial charge in [0.2, 0.25) is 5.88 Å². The third-order valence-electron chi connectivity index (χ3n) is 5.24. The van der Waals surface area contributed by atoms with Crippen molar-refractivity contribution in [1.82, 2.24) is 29.3 Å². The number of hydrogen-bond donors (Lipinski definition) is 0. The molecule has 4 aromatic rings. The van der Waals surface area contributed by atoms with Crippen molar-refractivity contribution in [3.05, 3.63) is 60.3 Å². The normalized spacial score (nSPS) is 11.7. The van der Waals surface area contributed by atoms with Crippen molar-refractivity contribution in [2.24, 2.45) is 0 Å². The van der Waals surface area contributed by atoms with E-state index in [1.165, 1.54) is 10.9 Å². The van der Waals surface area contributed by atoms with Gasteiger partial charge in [0.25, 0.3) is 5.95 Å². The number of nitrogens with zero attached hydrogens (tertiary/aromatic N) is 6. The van der Waals surface area contributed by atoms with Gasteiger partial charge in [0, 0.05) is 46.0 Å². The van der Waals surface area contributed by atoms with E-state index >= 15 is 0 Å². The third-order valence-corrected chi connectivity index (χ3v) is 6.95. The van der Waals surface area contributed by atoms with Gasteiger partial charge in [0.05, 0.1) is 23.9 Å². The van der Waals surface area contributed by atoms with Crippen LogP contribution in [-0.2, 0) is 16.0 Å². The molecule has 0 saturated carbocycles. The number of hydrogen-bond acceptors (Lipinski definition) is 8. The average molecular weight is 495 g/mol. The Kier molecular flexibility index (Phi) is 7.56.